The van der Waals surface area contributed by atoms with Crippen LogP contribution in [0.1, 0.15) is 29.2 Å². The van der Waals surface area contributed by atoms with Crippen LogP contribution in [0.2, 0.25) is 0 Å². The first-order valence-corrected chi connectivity index (χ1v) is 10.7. The summed E-state index contributed by atoms with van der Waals surface area (Å²) < 4.78 is 5.53. The lowest BCUT2D eigenvalue weighted by molar-refractivity contribution is 0.0334. The molecule has 1 aromatic heterocycles. The second-order valence-corrected chi connectivity index (χ2v) is 8.65. The van der Waals surface area contributed by atoms with Gasteiger partial charge in [-0.15, -0.1) is 6.58 Å². The lowest BCUT2D eigenvalue weighted by atomic mass is 9.72. The Morgan fingerprint density at radius 3 is 2.93 bits per heavy atom. The number of aliphatic hydroxyl groups is 1. The van der Waals surface area contributed by atoms with E-state index in [0.29, 0.717) is 17.9 Å². The summed E-state index contributed by atoms with van der Waals surface area (Å²) in [6, 6.07) is 7.23. The van der Waals surface area contributed by atoms with Crippen LogP contribution < -0.4 is 0 Å². The molecule has 2 N–H and O–H groups in total. The monoisotopic (exact) mass is 381 g/mol. The zero-order valence-corrected chi connectivity index (χ0v) is 16.6. The number of nitrogens with one attached hydrogen (secondary N) is 1. The minimum absolute atomic E-state index is 0.273. The van der Waals surface area contributed by atoms with Gasteiger partial charge in [-0.25, -0.2) is 0 Å². The topological polar surface area (TPSA) is 51.7 Å². The lowest BCUT2D eigenvalue weighted by Gasteiger charge is -2.46. The highest BCUT2D eigenvalue weighted by molar-refractivity contribution is 5.89. The van der Waals surface area contributed by atoms with Crippen molar-refractivity contribution in [3.05, 3.63) is 47.7 Å². The zero-order valence-electron chi connectivity index (χ0n) is 16.6. The maximum absolute atomic E-state index is 9.87. The molecule has 150 valence electrons. The third-order valence-electron chi connectivity index (χ3n) is 6.98. The Balaban J connectivity index is 1.54. The summed E-state index contributed by atoms with van der Waals surface area (Å²) in [5.41, 5.74) is 5.64. The molecule has 0 spiro atoms. The average Bonchev–Trinajstić information content (AvgIpc) is 3.08. The Bertz CT molecular complexity index is 855. The third kappa shape index (κ3) is 3.11. The van der Waals surface area contributed by atoms with Gasteiger partial charge in [0.15, 0.2) is 0 Å². The molecule has 2 fully saturated rings. The van der Waals surface area contributed by atoms with E-state index < -0.39 is 0 Å². The summed E-state index contributed by atoms with van der Waals surface area (Å²) in [5, 5.41) is 11.3. The molecule has 2 aromatic rings. The van der Waals surface area contributed by atoms with Gasteiger partial charge in [-0.05, 0) is 36.0 Å². The van der Waals surface area contributed by atoms with E-state index >= 15 is 0 Å². The molecule has 3 heterocycles. The molecule has 5 nitrogen and oxygen atoms in total. The summed E-state index contributed by atoms with van der Waals surface area (Å²) in [4.78, 5) is 8.81. The number of nitrogens with zero attached hydrogens (tertiary/aromatic N) is 2. The molecule has 2 aliphatic heterocycles. The van der Waals surface area contributed by atoms with Crippen LogP contribution in [0.25, 0.3) is 10.9 Å². The molecule has 0 radical (unpaired) electrons. The van der Waals surface area contributed by atoms with Crippen molar-refractivity contribution in [3.63, 3.8) is 0 Å². The fourth-order valence-electron chi connectivity index (χ4n) is 5.69. The van der Waals surface area contributed by atoms with Crippen LogP contribution in [0, 0.1) is 5.92 Å². The highest BCUT2D eigenvalue weighted by atomic mass is 16.5. The number of aromatic nitrogens is 1. The molecule has 28 heavy (non-hydrogen) atoms. The quantitative estimate of drug-likeness (QED) is 0.782. The minimum atomic E-state index is 0.273. The molecular weight excluding hydrogens is 350 g/mol. The predicted octanol–water partition coefficient (Wildman–Crippen LogP) is 2.51. The summed E-state index contributed by atoms with van der Waals surface area (Å²) in [6.07, 6.45) is 4.18. The first-order valence-electron chi connectivity index (χ1n) is 10.7. The van der Waals surface area contributed by atoms with Gasteiger partial charge in [0.2, 0.25) is 0 Å². The van der Waals surface area contributed by atoms with Crippen LogP contribution >= 0.6 is 0 Å². The Morgan fingerprint density at radius 2 is 2.14 bits per heavy atom. The van der Waals surface area contributed by atoms with Crippen LogP contribution in [0.15, 0.2) is 30.9 Å². The SMILES string of the molecule is C=CCN1CC(CO)C[C@@H]2c3cccc4[nH]c(CN5CCOCC5)c(c34)C[C@H]21. The van der Waals surface area contributed by atoms with Gasteiger partial charge in [0.1, 0.15) is 0 Å². The molecule has 3 atom stereocenters. The predicted molar refractivity (Wildman–Crippen MR) is 112 cm³/mol. The highest BCUT2D eigenvalue weighted by Crippen LogP contribution is 2.45. The van der Waals surface area contributed by atoms with Crippen molar-refractivity contribution < 1.29 is 9.84 Å². The van der Waals surface area contributed by atoms with Gasteiger partial charge in [-0.1, -0.05) is 18.2 Å². The number of likely N-dealkylation sites (tertiary alicyclic amines) is 1. The maximum atomic E-state index is 9.87. The van der Waals surface area contributed by atoms with E-state index in [1.165, 1.54) is 27.7 Å². The van der Waals surface area contributed by atoms with E-state index in [1.807, 2.05) is 6.08 Å². The molecule has 5 heteroatoms. The van der Waals surface area contributed by atoms with Gasteiger partial charge >= 0.3 is 0 Å². The van der Waals surface area contributed by atoms with E-state index in [0.717, 1.165) is 58.8 Å². The van der Waals surface area contributed by atoms with Gasteiger partial charge in [0.25, 0.3) is 0 Å². The minimum Gasteiger partial charge on any atom is -0.396 e. The fraction of sp³-hybridized carbons (Fsp3) is 0.565. The first-order chi connectivity index (χ1) is 13.8. The Hall–Kier alpha value is -1.66. The molecule has 2 saturated heterocycles. The maximum Gasteiger partial charge on any atom is 0.0594 e. The number of H-pyrrole nitrogens is 1. The molecule has 0 bridgehead atoms. The average molecular weight is 382 g/mol. The van der Waals surface area contributed by atoms with E-state index in [-0.39, 0.29) is 6.61 Å². The van der Waals surface area contributed by atoms with Crippen LogP contribution in [-0.2, 0) is 17.7 Å². The van der Waals surface area contributed by atoms with Crippen molar-refractivity contribution >= 4 is 10.9 Å². The molecule has 1 aromatic carbocycles. The van der Waals surface area contributed by atoms with Crippen LogP contribution in [0.4, 0.5) is 0 Å². The number of rotatable bonds is 5. The van der Waals surface area contributed by atoms with Gasteiger partial charge in [-0.2, -0.15) is 0 Å². The van der Waals surface area contributed by atoms with Crippen LogP contribution in [0.3, 0.4) is 0 Å². The molecule has 3 aliphatic rings. The fourth-order valence-corrected chi connectivity index (χ4v) is 5.69. The summed E-state index contributed by atoms with van der Waals surface area (Å²) >= 11 is 0. The normalized spacial score (nSPS) is 28.4. The number of hydrogen-bond acceptors (Lipinski definition) is 4. The molecule has 0 amide bonds. The van der Waals surface area contributed by atoms with Crippen LogP contribution in [-0.4, -0.2) is 71.9 Å². The number of aliphatic hydroxyl groups excluding tert-OH is 1. The van der Waals surface area contributed by atoms with Gasteiger partial charge in [-0.3, -0.25) is 9.80 Å². The second kappa shape index (κ2) is 7.64. The smallest absolute Gasteiger partial charge is 0.0594 e. The summed E-state index contributed by atoms with van der Waals surface area (Å²) in [7, 11) is 0. The standard InChI is InChI=1S/C23H31N3O2/c1-2-6-26-13-16(15-27)11-18-17-4-3-5-20-23(17)19(12-22(18)26)21(24-20)14-25-7-9-28-10-8-25/h2-5,16,18,22,24,27H,1,6-15H2/t16?,18-,22-/m1/s1. The molecule has 0 saturated carbocycles. The number of benzene rings is 1. The number of fused-ring (bicyclic) bond motifs is 2. The second-order valence-electron chi connectivity index (χ2n) is 8.65. The Kier molecular flexibility index (Phi) is 5.01. The van der Waals surface area contributed by atoms with Crippen molar-refractivity contribution in [1.29, 1.82) is 0 Å². The summed E-state index contributed by atoms with van der Waals surface area (Å²) in [6.45, 7) is 10.8. The van der Waals surface area contributed by atoms with E-state index in [1.54, 1.807) is 0 Å². The number of piperidine rings is 1. The lowest BCUT2D eigenvalue weighted by Crippen LogP contribution is -2.50. The largest absolute Gasteiger partial charge is 0.396 e. The molecule has 1 unspecified atom stereocenters. The zero-order chi connectivity index (χ0) is 19.1. The molecule has 5 rings (SSSR count). The van der Waals surface area contributed by atoms with Crippen molar-refractivity contribution in [2.24, 2.45) is 5.92 Å². The van der Waals surface area contributed by atoms with Gasteiger partial charge in [0.05, 0.1) is 13.2 Å². The highest BCUT2D eigenvalue weighted by Gasteiger charge is 2.41. The van der Waals surface area contributed by atoms with E-state index in [2.05, 4.69) is 39.6 Å². The number of aromatic amines is 1. The van der Waals surface area contributed by atoms with Crippen molar-refractivity contribution in [2.45, 2.75) is 31.3 Å². The molecule has 1 aliphatic carbocycles. The summed E-state index contributed by atoms with van der Waals surface area (Å²) in [5.74, 6) is 0.846. The molecular formula is C23H31N3O2. The Morgan fingerprint density at radius 1 is 1.29 bits per heavy atom. The van der Waals surface area contributed by atoms with Gasteiger partial charge in [0, 0.05) is 67.9 Å². The van der Waals surface area contributed by atoms with Crippen molar-refractivity contribution in [1.82, 2.24) is 14.8 Å². The van der Waals surface area contributed by atoms with Crippen molar-refractivity contribution in [2.75, 3.05) is 46.0 Å². The van der Waals surface area contributed by atoms with E-state index in [9.17, 15) is 5.11 Å². The van der Waals surface area contributed by atoms with E-state index in [4.69, 9.17) is 4.74 Å². The number of hydrogen-bond donors (Lipinski definition) is 2. The third-order valence-corrected chi connectivity index (χ3v) is 6.98. The van der Waals surface area contributed by atoms with Crippen LogP contribution in [0.5, 0.6) is 0 Å². The Labute approximate surface area is 167 Å². The number of ether oxygens (including phenoxy) is 1. The van der Waals surface area contributed by atoms with Gasteiger partial charge < -0.3 is 14.8 Å². The van der Waals surface area contributed by atoms with Crippen molar-refractivity contribution in [3.8, 4) is 0 Å². The first kappa shape index (κ1) is 18.4. The number of morpholine rings is 1.